The second kappa shape index (κ2) is 29.3. The second-order valence-electron chi connectivity index (χ2n) is 19.9. The Hall–Kier alpha value is -7.06. The minimum atomic E-state index is -4.51. The average molecular weight is 1270 g/mol. The van der Waals surface area contributed by atoms with E-state index >= 15 is 0 Å². The van der Waals surface area contributed by atoms with E-state index in [4.69, 9.17) is 25.7 Å². The van der Waals surface area contributed by atoms with E-state index in [1.54, 1.807) is 37.2 Å². The van der Waals surface area contributed by atoms with Gasteiger partial charge in [0.1, 0.15) is 14.4 Å². The maximum atomic E-state index is 13.9. The first-order chi connectivity index (χ1) is 38.6. The quantitative estimate of drug-likeness (QED) is 0.0152. The molecule has 25 heteroatoms. The highest BCUT2D eigenvalue weighted by molar-refractivity contribution is 9.14. The summed E-state index contributed by atoms with van der Waals surface area (Å²) in [6.07, 6.45) is -0.153. The summed E-state index contributed by atoms with van der Waals surface area (Å²) in [5.41, 5.74) is 16.7. The minimum Gasteiger partial charge on any atom is -0.379 e. The number of rotatable bonds is 28. The largest absolute Gasteiger partial charge is 0.416 e. The first-order valence-electron chi connectivity index (χ1n) is 26.2. The molecule has 2 aromatic heterocycles. The number of carbonyl (C=O) groups is 7. The number of hydrogen-bond donors (Lipinski definition) is 5. The molecule has 7 N–H and O–H groups in total. The van der Waals surface area contributed by atoms with E-state index in [0.29, 0.717) is 48.5 Å². The predicted octanol–water partition coefficient (Wildman–Crippen LogP) is 6.67. The van der Waals surface area contributed by atoms with Gasteiger partial charge in [-0.25, -0.2) is 9.36 Å². The van der Waals surface area contributed by atoms with Crippen LogP contribution in [0.15, 0.2) is 88.2 Å². The van der Waals surface area contributed by atoms with Gasteiger partial charge in [-0.1, -0.05) is 55.2 Å². The molecule has 20 nitrogen and oxygen atoms in total. The van der Waals surface area contributed by atoms with E-state index in [9.17, 15) is 46.7 Å². The van der Waals surface area contributed by atoms with E-state index in [-0.39, 0.29) is 118 Å². The lowest BCUT2D eigenvalue weighted by Crippen LogP contribution is -2.45. The van der Waals surface area contributed by atoms with Crippen molar-refractivity contribution in [1.82, 2.24) is 25.1 Å². The number of imide groups is 1. The molecule has 440 valence electrons. The lowest BCUT2D eigenvalue weighted by Gasteiger charge is -2.24. The molecule has 0 aliphatic carbocycles. The number of carbonyl (C=O) groups excluding carboxylic acids is 7. The van der Waals surface area contributed by atoms with Crippen LogP contribution in [0.25, 0.3) is 22.2 Å². The second-order valence-corrected chi connectivity index (χ2v) is 21.5. The molecule has 82 heavy (non-hydrogen) atoms. The lowest BCUT2D eigenvalue weighted by atomic mass is 9.89. The molecule has 2 atom stereocenters. The summed E-state index contributed by atoms with van der Waals surface area (Å²) >= 11 is 6.16. The number of fused-ring (bicyclic) bond motifs is 2. The number of ether oxygens (including phenoxy) is 3. The molecule has 0 radical (unpaired) electrons. The fourth-order valence-electron chi connectivity index (χ4n) is 9.59. The Kier molecular flexibility index (Phi) is 22.9. The third-order valence-electron chi connectivity index (χ3n) is 13.7. The van der Waals surface area contributed by atoms with Crippen LogP contribution in [-0.2, 0) is 75.6 Å². The molecule has 0 unspecified atom stereocenters. The van der Waals surface area contributed by atoms with Crippen molar-refractivity contribution < 1.29 is 65.5 Å². The number of nitrogen functional groups attached to an aromatic ring is 1. The van der Waals surface area contributed by atoms with E-state index in [1.807, 2.05) is 52.7 Å². The van der Waals surface area contributed by atoms with Crippen molar-refractivity contribution in [1.29, 1.82) is 0 Å². The van der Waals surface area contributed by atoms with Gasteiger partial charge < -0.3 is 54.0 Å². The van der Waals surface area contributed by atoms with Gasteiger partial charge in [0, 0.05) is 48.8 Å². The molecule has 0 fully saturated rings. The van der Waals surface area contributed by atoms with Gasteiger partial charge in [-0.05, 0) is 110 Å². The Morgan fingerprint density at radius 1 is 0.878 bits per heavy atom. The summed E-state index contributed by atoms with van der Waals surface area (Å²) in [5, 5.41) is 8.97. The zero-order valence-corrected chi connectivity index (χ0v) is 49.1. The Bertz CT molecular complexity index is 3170. The lowest BCUT2D eigenvalue weighted by molar-refractivity contribution is -0.667. The topological polar surface area (TPSA) is 263 Å². The van der Waals surface area contributed by atoms with Crippen LogP contribution in [-0.4, -0.2) is 121 Å². The van der Waals surface area contributed by atoms with Crippen molar-refractivity contribution in [2.24, 2.45) is 24.6 Å². The number of amides is 7. The minimum absolute atomic E-state index is 0. The highest BCUT2D eigenvalue weighted by atomic mass is 79.9. The molecule has 5 aromatic rings. The Labute approximate surface area is 489 Å². The molecule has 0 saturated heterocycles. The van der Waals surface area contributed by atoms with Crippen LogP contribution in [0, 0.1) is 19.3 Å². The molecule has 7 rings (SSSR count). The van der Waals surface area contributed by atoms with Crippen molar-refractivity contribution in [3.05, 3.63) is 118 Å². The smallest absolute Gasteiger partial charge is 0.379 e. The highest BCUT2D eigenvalue weighted by Gasteiger charge is 2.36. The van der Waals surface area contributed by atoms with E-state index < -0.39 is 53.4 Å². The standard InChI is InChI=1S/C56H63Br2F3N10O10.CH3/c1-33(2)49(67-44(73)16-20-79-22-24-81-25-23-80-21-19-71-53(76)47(57)48(58)54(71)77)43(72)29-38(7-5-17-64-55(63)78)51(75)66-40-12-9-34(10-13-40)30-69-32-65-50(62)46-41(31-68(3)52(46)69)36-11-14-42-37(28-36)15-18-70(42)45(74)27-35-6-4-8-39(26-35)56(59,60)61;/h4,6,8-14,26,28,31-33,38,49,62H,5,7,15-25,27,29-30H2,1-3H3,(H5,63,64,66,67,73,75,78);1H3/q;-1/p+1/t38-,49+;/m1./s1. The summed E-state index contributed by atoms with van der Waals surface area (Å²) in [6, 6.07) is 16.2. The zero-order valence-electron chi connectivity index (χ0n) is 45.9. The number of Topliss-reactive ketones (excluding diaryl/α,β-unsaturated/α-hetero) is 1. The molecule has 7 amide bonds. The molecular formula is C57H67Br2F3N10O10. The summed E-state index contributed by atoms with van der Waals surface area (Å²) < 4.78 is 60.8. The maximum absolute atomic E-state index is 13.9. The van der Waals surface area contributed by atoms with Gasteiger partial charge in [0.2, 0.25) is 35.5 Å². The Morgan fingerprint density at radius 2 is 1.55 bits per heavy atom. The summed E-state index contributed by atoms with van der Waals surface area (Å²) in [6.45, 7) is 5.73. The third kappa shape index (κ3) is 16.6. The summed E-state index contributed by atoms with van der Waals surface area (Å²) in [5.74, 6) is -3.15. The fourth-order valence-corrected chi connectivity index (χ4v) is 10.4. The van der Waals surface area contributed by atoms with Crippen LogP contribution in [0.3, 0.4) is 0 Å². The molecule has 3 aromatic carbocycles. The number of aryl methyl sites for hydroxylation is 1. The van der Waals surface area contributed by atoms with Crippen molar-refractivity contribution in [3.8, 4) is 11.1 Å². The molecule has 0 bridgehead atoms. The predicted molar refractivity (Wildman–Crippen MR) is 308 cm³/mol. The number of ketones is 1. The van der Waals surface area contributed by atoms with Crippen molar-refractivity contribution in [3.63, 3.8) is 0 Å². The van der Waals surface area contributed by atoms with Gasteiger partial charge in [0.05, 0.1) is 84.0 Å². The summed E-state index contributed by atoms with van der Waals surface area (Å²) in [4.78, 5) is 97.0. The Balaban J connectivity index is 0.0000108. The number of urea groups is 1. The fraction of sp³-hybridized carbons (Fsp3) is 0.404. The number of hydrogen-bond acceptors (Lipinski definition) is 12. The highest BCUT2D eigenvalue weighted by Crippen LogP contribution is 2.38. The average Bonchev–Trinajstić information content (AvgIpc) is 4.28. The van der Waals surface area contributed by atoms with Crippen molar-refractivity contribution in [2.45, 2.75) is 71.1 Å². The number of nitrogens with zero attached hydrogens (tertiary/aromatic N) is 5. The number of halogens is 5. The maximum Gasteiger partial charge on any atom is 0.416 e. The molecule has 0 saturated carbocycles. The van der Waals surface area contributed by atoms with Crippen LogP contribution in [0.4, 0.5) is 35.2 Å². The van der Waals surface area contributed by atoms with Crippen LogP contribution >= 0.6 is 31.9 Å². The zero-order chi connectivity index (χ0) is 58.5. The van der Waals surface area contributed by atoms with Crippen molar-refractivity contribution in [2.75, 3.05) is 75.2 Å². The number of benzene rings is 3. The number of anilines is 3. The Morgan fingerprint density at radius 3 is 2.21 bits per heavy atom. The first-order valence-corrected chi connectivity index (χ1v) is 27.8. The molecule has 4 heterocycles. The number of nitrogens with two attached hydrogens (primary N) is 2. The van der Waals surface area contributed by atoms with Crippen LogP contribution in [0.5, 0.6) is 0 Å². The number of primary amides is 1. The van der Waals surface area contributed by atoms with Gasteiger partial charge in [-0.2, -0.15) is 13.2 Å². The normalized spacial score (nSPS) is 14.1. The van der Waals surface area contributed by atoms with Crippen LogP contribution in [0.2, 0.25) is 0 Å². The van der Waals surface area contributed by atoms with Gasteiger partial charge in [-0.3, -0.25) is 38.2 Å². The van der Waals surface area contributed by atoms with Crippen molar-refractivity contribution >= 4 is 101 Å². The molecule has 0 spiro atoms. The van der Waals surface area contributed by atoms with E-state index in [2.05, 4.69) is 52.8 Å². The van der Waals surface area contributed by atoms with E-state index in [1.165, 1.54) is 12.1 Å². The molecule has 2 aliphatic rings. The third-order valence-corrected chi connectivity index (χ3v) is 15.7. The molecule has 2 aliphatic heterocycles. The number of aromatic nitrogens is 3. The van der Waals surface area contributed by atoms with E-state index in [0.717, 1.165) is 44.9 Å². The molecular weight excluding hydrogens is 1200 g/mol. The van der Waals surface area contributed by atoms with Gasteiger partial charge >= 0.3 is 12.2 Å². The van der Waals surface area contributed by atoms with Gasteiger partial charge in [0.25, 0.3) is 11.8 Å². The van der Waals surface area contributed by atoms with Gasteiger partial charge in [-0.15, -0.1) is 0 Å². The number of alkyl halides is 3. The number of nitrogens with one attached hydrogen (secondary N) is 3. The monoisotopic (exact) mass is 1270 g/mol. The van der Waals surface area contributed by atoms with Crippen LogP contribution in [0.1, 0.15) is 61.8 Å². The SMILES string of the molecule is CC(C)[C@H](NC(=O)CCOCCOCCOCCN1C(=O)C(Br)=C(Br)C1=O)C(=O)C[C@@H](CCCNC(N)=O)C(=O)Nc1ccc(C[n+]2cnc(N)c3c(-c4ccc5c(c4)CCN5C(=O)Cc4cccc(C(F)(F)F)c4)cn(C)c32)cc1.[CH3-]. The van der Waals surface area contributed by atoms with Gasteiger partial charge in [0.15, 0.2) is 5.78 Å². The van der Waals surface area contributed by atoms with Crippen LogP contribution < -0.4 is 36.9 Å². The summed E-state index contributed by atoms with van der Waals surface area (Å²) in [7, 11) is 1.90. The first kappa shape index (κ1) is 64.1.